The molecule has 19 heavy (non-hydrogen) atoms. The molecular formula is C15H21FN2O. The van der Waals surface area contributed by atoms with Gasteiger partial charge in [-0.05, 0) is 38.0 Å². The fraction of sp³-hybridized carbons (Fsp3) is 0.533. The minimum Gasteiger partial charge on any atom is -0.485 e. The summed E-state index contributed by atoms with van der Waals surface area (Å²) in [5, 5.41) is 7.10. The van der Waals surface area contributed by atoms with E-state index < -0.39 is 5.60 Å². The van der Waals surface area contributed by atoms with Crippen molar-refractivity contribution in [2.45, 2.75) is 50.7 Å². The number of unbranched alkanes of at least 4 members (excludes halogenated alkanes) is 1. The summed E-state index contributed by atoms with van der Waals surface area (Å²) in [7, 11) is 0. The first-order valence-electron chi connectivity index (χ1n) is 6.86. The van der Waals surface area contributed by atoms with Gasteiger partial charge in [0.1, 0.15) is 17.2 Å². The Morgan fingerprint density at radius 3 is 2.95 bits per heavy atom. The van der Waals surface area contributed by atoms with Crippen molar-refractivity contribution in [3.05, 3.63) is 29.6 Å². The summed E-state index contributed by atoms with van der Waals surface area (Å²) in [6, 6.07) is 4.36. The lowest BCUT2D eigenvalue weighted by atomic mass is 9.83. The zero-order chi connectivity index (χ0) is 13.9. The number of hydrogen-bond donors (Lipinski definition) is 2. The molecular weight excluding hydrogens is 243 g/mol. The van der Waals surface area contributed by atoms with Crippen molar-refractivity contribution in [2.75, 3.05) is 0 Å². The minimum atomic E-state index is -0.437. The first-order valence-corrected chi connectivity index (χ1v) is 6.86. The zero-order valence-electron chi connectivity index (χ0n) is 11.3. The van der Waals surface area contributed by atoms with E-state index in [1.54, 1.807) is 6.07 Å². The highest BCUT2D eigenvalue weighted by Gasteiger charge is 2.45. The van der Waals surface area contributed by atoms with Crippen molar-refractivity contribution in [1.29, 1.82) is 5.41 Å². The summed E-state index contributed by atoms with van der Waals surface area (Å²) < 4.78 is 19.3. The maximum absolute atomic E-state index is 13.3. The Labute approximate surface area is 113 Å². The lowest BCUT2D eigenvalue weighted by Gasteiger charge is -2.32. The average Bonchev–Trinajstić information content (AvgIpc) is 2.63. The van der Waals surface area contributed by atoms with E-state index in [2.05, 4.69) is 6.92 Å². The largest absolute Gasteiger partial charge is 0.485 e. The Kier molecular flexibility index (Phi) is 4.20. The van der Waals surface area contributed by atoms with Gasteiger partial charge >= 0.3 is 0 Å². The van der Waals surface area contributed by atoms with Crippen LogP contribution in [0.2, 0.25) is 0 Å². The van der Waals surface area contributed by atoms with Crippen LogP contribution in [0.5, 0.6) is 5.75 Å². The molecule has 0 saturated heterocycles. The normalized spacial score (nSPS) is 24.9. The van der Waals surface area contributed by atoms with Crippen LogP contribution in [-0.4, -0.2) is 11.8 Å². The molecule has 0 aromatic heterocycles. The molecule has 1 aromatic rings. The van der Waals surface area contributed by atoms with E-state index >= 15 is 0 Å². The van der Waals surface area contributed by atoms with Crippen LogP contribution in [0.4, 0.5) is 4.39 Å². The maximum atomic E-state index is 13.3. The topological polar surface area (TPSA) is 59.1 Å². The molecule has 2 atom stereocenters. The first kappa shape index (κ1) is 14.0. The Hall–Kier alpha value is -1.42. The number of rotatable bonds is 6. The van der Waals surface area contributed by atoms with E-state index in [9.17, 15) is 4.39 Å². The van der Waals surface area contributed by atoms with Crippen molar-refractivity contribution in [1.82, 2.24) is 0 Å². The van der Waals surface area contributed by atoms with Crippen molar-refractivity contribution >= 4 is 6.21 Å². The smallest absolute Gasteiger partial charge is 0.128 e. The molecule has 0 saturated carbocycles. The van der Waals surface area contributed by atoms with E-state index in [-0.39, 0.29) is 11.9 Å². The van der Waals surface area contributed by atoms with E-state index in [1.807, 2.05) is 0 Å². The summed E-state index contributed by atoms with van der Waals surface area (Å²) in [5.41, 5.74) is 6.80. The minimum absolute atomic E-state index is 0.214. The predicted octanol–water partition coefficient (Wildman–Crippen LogP) is 3.58. The molecule has 1 aromatic carbocycles. The van der Waals surface area contributed by atoms with E-state index in [4.69, 9.17) is 15.9 Å². The first-order chi connectivity index (χ1) is 9.13. The third-order valence-corrected chi connectivity index (χ3v) is 3.81. The Morgan fingerprint density at radius 1 is 1.47 bits per heavy atom. The quantitative estimate of drug-likeness (QED) is 0.609. The number of nitrogens with one attached hydrogen (secondary N) is 1. The van der Waals surface area contributed by atoms with E-state index in [0.717, 1.165) is 37.7 Å². The highest BCUT2D eigenvalue weighted by Crippen LogP contribution is 2.46. The molecule has 1 aliphatic rings. The molecule has 0 radical (unpaired) electrons. The van der Waals surface area contributed by atoms with Gasteiger partial charge in [-0.25, -0.2) is 4.39 Å². The lowest BCUT2D eigenvalue weighted by Crippen LogP contribution is -2.42. The van der Waals surface area contributed by atoms with Gasteiger partial charge in [-0.15, -0.1) is 0 Å². The van der Waals surface area contributed by atoms with Crippen LogP contribution < -0.4 is 10.5 Å². The van der Waals surface area contributed by atoms with Crippen LogP contribution in [-0.2, 0) is 0 Å². The summed E-state index contributed by atoms with van der Waals surface area (Å²) in [6.45, 7) is 2.10. The second-order valence-corrected chi connectivity index (χ2v) is 5.17. The maximum Gasteiger partial charge on any atom is 0.128 e. The van der Waals surface area contributed by atoms with E-state index in [1.165, 1.54) is 18.3 Å². The third kappa shape index (κ3) is 2.63. The SMILES string of the molecule is CCCC1(CCCC=N)Oc2cc(F)ccc2[C@H]1N. The Balaban J connectivity index is 2.24. The summed E-state index contributed by atoms with van der Waals surface area (Å²) in [4.78, 5) is 0. The number of nitrogens with two attached hydrogens (primary N) is 1. The van der Waals surface area contributed by atoms with Gasteiger partial charge in [-0.1, -0.05) is 19.4 Å². The van der Waals surface area contributed by atoms with Gasteiger partial charge in [0.05, 0.1) is 6.04 Å². The van der Waals surface area contributed by atoms with Crippen molar-refractivity contribution in [3.8, 4) is 5.75 Å². The van der Waals surface area contributed by atoms with Gasteiger partial charge < -0.3 is 15.9 Å². The molecule has 3 N–H and O–H groups in total. The molecule has 2 rings (SSSR count). The Bertz CT molecular complexity index is 463. The van der Waals surface area contributed by atoms with Gasteiger partial charge in [-0.3, -0.25) is 0 Å². The number of halogens is 1. The fourth-order valence-corrected chi connectivity index (χ4v) is 2.88. The molecule has 4 heteroatoms. The van der Waals surface area contributed by atoms with Gasteiger partial charge in [0, 0.05) is 11.6 Å². The van der Waals surface area contributed by atoms with Crippen LogP contribution in [0.25, 0.3) is 0 Å². The monoisotopic (exact) mass is 264 g/mol. The number of benzene rings is 1. The van der Waals surface area contributed by atoms with Crippen LogP contribution in [0.15, 0.2) is 18.2 Å². The molecule has 0 amide bonds. The summed E-state index contributed by atoms with van der Waals surface area (Å²) in [5.74, 6) is 0.286. The zero-order valence-corrected chi connectivity index (χ0v) is 11.3. The van der Waals surface area contributed by atoms with Crippen LogP contribution >= 0.6 is 0 Å². The van der Waals surface area contributed by atoms with Gasteiger partial charge in [0.25, 0.3) is 0 Å². The van der Waals surface area contributed by atoms with Gasteiger partial charge in [0.2, 0.25) is 0 Å². The predicted molar refractivity (Wildman–Crippen MR) is 74.2 cm³/mol. The third-order valence-electron chi connectivity index (χ3n) is 3.81. The van der Waals surface area contributed by atoms with Crippen LogP contribution in [0.3, 0.4) is 0 Å². The second kappa shape index (κ2) is 5.70. The number of fused-ring (bicyclic) bond motifs is 1. The second-order valence-electron chi connectivity index (χ2n) is 5.17. The lowest BCUT2D eigenvalue weighted by molar-refractivity contribution is 0.0480. The average molecular weight is 264 g/mol. The molecule has 0 aliphatic carbocycles. The van der Waals surface area contributed by atoms with Crippen LogP contribution in [0, 0.1) is 11.2 Å². The molecule has 0 spiro atoms. The van der Waals surface area contributed by atoms with Gasteiger partial charge in [-0.2, -0.15) is 0 Å². The van der Waals surface area contributed by atoms with E-state index in [0.29, 0.717) is 5.75 Å². The molecule has 1 aliphatic heterocycles. The van der Waals surface area contributed by atoms with Gasteiger partial charge in [0.15, 0.2) is 0 Å². The molecule has 3 nitrogen and oxygen atoms in total. The summed E-state index contributed by atoms with van der Waals surface area (Å²) in [6.07, 6.45) is 5.62. The molecule has 1 unspecified atom stereocenters. The van der Waals surface area contributed by atoms with Crippen LogP contribution in [0.1, 0.15) is 50.6 Å². The fourth-order valence-electron chi connectivity index (χ4n) is 2.88. The standard InChI is InChI=1S/C15H21FN2O/c1-2-7-15(8-3-4-9-17)14(18)12-6-5-11(16)10-13(12)19-15/h5-6,9-10,14,17H,2-4,7-8,18H2,1H3/t14-,15?/m1/s1. The molecule has 0 fully saturated rings. The highest BCUT2D eigenvalue weighted by molar-refractivity contribution is 5.52. The molecule has 104 valence electrons. The molecule has 1 heterocycles. The molecule has 0 bridgehead atoms. The Morgan fingerprint density at radius 2 is 2.26 bits per heavy atom. The summed E-state index contributed by atoms with van der Waals surface area (Å²) >= 11 is 0. The van der Waals surface area contributed by atoms with Crippen molar-refractivity contribution < 1.29 is 9.13 Å². The van der Waals surface area contributed by atoms with Crippen molar-refractivity contribution in [2.24, 2.45) is 5.73 Å². The number of ether oxygens (including phenoxy) is 1. The highest BCUT2D eigenvalue weighted by atomic mass is 19.1. The van der Waals surface area contributed by atoms with Crippen molar-refractivity contribution in [3.63, 3.8) is 0 Å². The number of hydrogen-bond acceptors (Lipinski definition) is 3.